The highest BCUT2D eigenvalue weighted by molar-refractivity contribution is 7.88. The van der Waals surface area contributed by atoms with E-state index < -0.39 is 10.0 Å². The normalized spacial score (nSPS) is 11.7. The summed E-state index contributed by atoms with van der Waals surface area (Å²) in [7, 11) is -2.10. The highest BCUT2D eigenvalue weighted by Gasteiger charge is 2.20. The third-order valence-electron chi connectivity index (χ3n) is 1.30. The summed E-state index contributed by atoms with van der Waals surface area (Å²) in [4.78, 5) is 11.0. The standard InChI is InChI=1S/C6H13NO3S/c1-5(2)6(8)7(3)11(4,9)10/h5H,1-4H3. The molecule has 0 aromatic heterocycles. The topological polar surface area (TPSA) is 54.5 Å². The zero-order valence-corrected chi connectivity index (χ0v) is 7.97. The molecule has 0 aliphatic carbocycles. The van der Waals surface area contributed by atoms with Crippen LogP contribution in [-0.2, 0) is 14.8 Å². The van der Waals surface area contributed by atoms with Gasteiger partial charge in [0.25, 0.3) is 0 Å². The van der Waals surface area contributed by atoms with E-state index in [4.69, 9.17) is 0 Å². The van der Waals surface area contributed by atoms with E-state index in [0.717, 1.165) is 10.6 Å². The maximum atomic E-state index is 11.0. The van der Waals surface area contributed by atoms with Gasteiger partial charge in [0.05, 0.1) is 6.26 Å². The summed E-state index contributed by atoms with van der Waals surface area (Å²) in [5, 5.41) is 0. The molecule has 0 spiro atoms. The van der Waals surface area contributed by atoms with Crippen LogP contribution in [-0.4, -0.2) is 31.9 Å². The summed E-state index contributed by atoms with van der Waals surface area (Å²) in [6.07, 6.45) is 1.01. The van der Waals surface area contributed by atoms with Gasteiger partial charge in [-0.1, -0.05) is 13.8 Å². The van der Waals surface area contributed by atoms with Crippen molar-refractivity contribution in [3.8, 4) is 0 Å². The first kappa shape index (κ1) is 10.4. The lowest BCUT2D eigenvalue weighted by Crippen LogP contribution is -2.35. The summed E-state index contributed by atoms with van der Waals surface area (Å²) >= 11 is 0. The molecule has 0 saturated heterocycles. The summed E-state index contributed by atoms with van der Waals surface area (Å²) in [5.41, 5.74) is 0. The molecule has 0 heterocycles. The molecule has 0 atom stereocenters. The molecule has 0 bridgehead atoms. The Morgan fingerprint density at radius 1 is 1.36 bits per heavy atom. The van der Waals surface area contributed by atoms with Crippen LogP contribution < -0.4 is 0 Å². The minimum Gasteiger partial charge on any atom is -0.274 e. The van der Waals surface area contributed by atoms with Crippen molar-refractivity contribution in [1.29, 1.82) is 0 Å². The average Bonchev–Trinajstić information content (AvgIpc) is 1.82. The van der Waals surface area contributed by atoms with E-state index in [-0.39, 0.29) is 11.8 Å². The van der Waals surface area contributed by atoms with Crippen molar-refractivity contribution in [3.63, 3.8) is 0 Å². The number of hydrogen-bond acceptors (Lipinski definition) is 3. The van der Waals surface area contributed by atoms with Crippen LogP contribution >= 0.6 is 0 Å². The molecular formula is C6H13NO3S. The lowest BCUT2D eigenvalue weighted by atomic mass is 10.2. The Balaban J connectivity index is 4.53. The van der Waals surface area contributed by atoms with E-state index >= 15 is 0 Å². The monoisotopic (exact) mass is 179 g/mol. The summed E-state index contributed by atoms with van der Waals surface area (Å²) in [6, 6.07) is 0. The van der Waals surface area contributed by atoms with Crippen LogP contribution in [0.5, 0.6) is 0 Å². The number of carbonyl (C=O) groups is 1. The van der Waals surface area contributed by atoms with Gasteiger partial charge in [0, 0.05) is 13.0 Å². The van der Waals surface area contributed by atoms with Crippen molar-refractivity contribution in [3.05, 3.63) is 0 Å². The van der Waals surface area contributed by atoms with E-state index in [1.54, 1.807) is 13.8 Å². The Bertz CT molecular complexity index is 243. The fourth-order valence-corrected chi connectivity index (χ4v) is 1.06. The van der Waals surface area contributed by atoms with E-state index in [2.05, 4.69) is 0 Å². The van der Waals surface area contributed by atoms with Crippen LogP contribution in [0.25, 0.3) is 0 Å². The van der Waals surface area contributed by atoms with Gasteiger partial charge in [0.2, 0.25) is 15.9 Å². The first-order chi connectivity index (χ1) is 4.76. The fraction of sp³-hybridized carbons (Fsp3) is 0.833. The van der Waals surface area contributed by atoms with Crippen molar-refractivity contribution < 1.29 is 13.2 Å². The van der Waals surface area contributed by atoms with Gasteiger partial charge >= 0.3 is 0 Å². The molecule has 11 heavy (non-hydrogen) atoms. The Morgan fingerprint density at radius 2 is 1.73 bits per heavy atom. The molecule has 0 aromatic rings. The molecule has 4 nitrogen and oxygen atoms in total. The van der Waals surface area contributed by atoms with Crippen molar-refractivity contribution in [2.24, 2.45) is 5.92 Å². The van der Waals surface area contributed by atoms with E-state index in [0.29, 0.717) is 0 Å². The van der Waals surface area contributed by atoms with Crippen LogP contribution in [0.1, 0.15) is 13.8 Å². The largest absolute Gasteiger partial charge is 0.274 e. The third-order valence-corrected chi connectivity index (χ3v) is 2.48. The Kier molecular flexibility index (Phi) is 3.04. The van der Waals surface area contributed by atoms with Gasteiger partial charge in [0.15, 0.2) is 0 Å². The van der Waals surface area contributed by atoms with Crippen LogP contribution in [0.15, 0.2) is 0 Å². The lowest BCUT2D eigenvalue weighted by molar-refractivity contribution is -0.128. The molecule has 0 radical (unpaired) electrons. The zero-order valence-electron chi connectivity index (χ0n) is 7.16. The molecule has 5 heteroatoms. The lowest BCUT2D eigenvalue weighted by Gasteiger charge is -2.16. The van der Waals surface area contributed by atoms with E-state index in [9.17, 15) is 13.2 Å². The minimum atomic E-state index is -3.36. The van der Waals surface area contributed by atoms with Crippen molar-refractivity contribution in [2.75, 3.05) is 13.3 Å². The zero-order chi connectivity index (χ0) is 9.23. The summed E-state index contributed by atoms with van der Waals surface area (Å²) < 4.78 is 22.3. The van der Waals surface area contributed by atoms with Gasteiger partial charge in [-0.3, -0.25) is 4.79 Å². The van der Waals surface area contributed by atoms with Gasteiger partial charge in [-0.2, -0.15) is 0 Å². The maximum absolute atomic E-state index is 11.0. The number of rotatable bonds is 2. The Labute approximate surface area is 67.2 Å². The van der Waals surface area contributed by atoms with E-state index in [1.165, 1.54) is 7.05 Å². The van der Waals surface area contributed by atoms with Crippen LogP contribution in [0.3, 0.4) is 0 Å². The van der Waals surface area contributed by atoms with Crippen molar-refractivity contribution in [2.45, 2.75) is 13.8 Å². The van der Waals surface area contributed by atoms with Gasteiger partial charge in [0.1, 0.15) is 0 Å². The maximum Gasteiger partial charge on any atom is 0.238 e. The molecule has 0 saturated carbocycles. The molecule has 0 rings (SSSR count). The number of hydrogen-bond donors (Lipinski definition) is 0. The smallest absolute Gasteiger partial charge is 0.238 e. The average molecular weight is 179 g/mol. The summed E-state index contributed by atoms with van der Waals surface area (Å²) in [6.45, 7) is 3.31. The minimum absolute atomic E-state index is 0.283. The molecule has 0 aliphatic heterocycles. The van der Waals surface area contributed by atoms with E-state index in [1.807, 2.05) is 0 Å². The van der Waals surface area contributed by atoms with Crippen LogP contribution in [0.4, 0.5) is 0 Å². The Hall–Kier alpha value is -0.580. The highest BCUT2D eigenvalue weighted by atomic mass is 32.2. The second kappa shape index (κ2) is 3.21. The molecule has 0 aromatic carbocycles. The number of amides is 1. The molecule has 1 amide bonds. The molecule has 0 N–H and O–H groups in total. The van der Waals surface area contributed by atoms with Crippen LogP contribution in [0, 0.1) is 5.92 Å². The van der Waals surface area contributed by atoms with Crippen LogP contribution in [0.2, 0.25) is 0 Å². The Morgan fingerprint density at radius 3 is 1.82 bits per heavy atom. The molecular weight excluding hydrogens is 166 g/mol. The SMILES string of the molecule is CC(C)C(=O)N(C)S(C)(=O)=O. The van der Waals surface area contributed by atoms with Crippen molar-refractivity contribution >= 4 is 15.9 Å². The molecule has 0 unspecified atom stereocenters. The van der Waals surface area contributed by atoms with Gasteiger partial charge in [-0.05, 0) is 0 Å². The molecule has 0 aliphatic rings. The molecule has 66 valence electrons. The number of sulfonamides is 1. The first-order valence-corrected chi connectivity index (χ1v) is 5.09. The van der Waals surface area contributed by atoms with Gasteiger partial charge in [-0.15, -0.1) is 0 Å². The molecule has 0 fully saturated rings. The van der Waals surface area contributed by atoms with Crippen molar-refractivity contribution in [1.82, 2.24) is 4.31 Å². The van der Waals surface area contributed by atoms with Gasteiger partial charge < -0.3 is 0 Å². The number of nitrogens with zero attached hydrogens (tertiary/aromatic N) is 1. The number of carbonyl (C=O) groups excluding carboxylic acids is 1. The fourth-order valence-electron chi connectivity index (χ4n) is 0.527. The highest BCUT2D eigenvalue weighted by Crippen LogP contribution is 2.02. The summed E-state index contributed by atoms with van der Waals surface area (Å²) in [5.74, 6) is -0.665. The quantitative estimate of drug-likeness (QED) is 0.602. The predicted molar refractivity (Wildman–Crippen MR) is 42.5 cm³/mol. The third kappa shape index (κ3) is 2.88. The first-order valence-electron chi connectivity index (χ1n) is 3.24. The van der Waals surface area contributed by atoms with Gasteiger partial charge in [-0.25, -0.2) is 12.7 Å². The second-order valence-electron chi connectivity index (χ2n) is 2.72. The second-order valence-corrected chi connectivity index (χ2v) is 4.74. The predicted octanol–water partition coefficient (Wildman–Crippen LogP) is 0.0604.